The molecule has 0 aromatic rings. The summed E-state index contributed by atoms with van der Waals surface area (Å²) in [6.07, 6.45) is 10.2. The summed E-state index contributed by atoms with van der Waals surface area (Å²) in [4.78, 5) is 35.6. The van der Waals surface area contributed by atoms with Crippen LogP contribution in [0.3, 0.4) is 0 Å². The molecule has 2 amide bonds. The van der Waals surface area contributed by atoms with Crippen molar-refractivity contribution in [2.75, 3.05) is 33.3 Å². The third-order valence-electron chi connectivity index (χ3n) is 9.06. The number of amidine groups is 2. The zero-order valence-corrected chi connectivity index (χ0v) is 21.8. The van der Waals surface area contributed by atoms with Gasteiger partial charge in [-0.1, -0.05) is 0 Å². The van der Waals surface area contributed by atoms with Gasteiger partial charge in [0.2, 0.25) is 11.8 Å². The summed E-state index contributed by atoms with van der Waals surface area (Å²) < 4.78 is 5.67. The first kappa shape index (κ1) is 25.5. The summed E-state index contributed by atoms with van der Waals surface area (Å²) in [6.45, 7) is 3.68. The molecule has 4 N–H and O–H groups in total. The molecule has 2 unspecified atom stereocenters. The Morgan fingerprint density at radius 3 is 1.53 bits per heavy atom. The molecule has 0 saturated heterocycles. The molecule has 3 fully saturated rings. The molecule has 0 spiro atoms. The predicted molar refractivity (Wildman–Crippen MR) is 140 cm³/mol. The SMILES string of the molecule is COC1CC(C(=O)NC2CCC(C3=NCCN3)CC2)CC(C(=O)NC2CCC(C3=NCCN3)CC2)C1. The second-order valence-electron chi connectivity index (χ2n) is 11.5. The van der Waals surface area contributed by atoms with Gasteiger partial charge in [-0.05, 0) is 70.6 Å². The van der Waals surface area contributed by atoms with Crippen LogP contribution in [0.1, 0.15) is 70.6 Å². The number of hydrogen-bond acceptors (Lipinski definition) is 7. The van der Waals surface area contributed by atoms with Crippen LogP contribution < -0.4 is 21.3 Å². The Balaban J connectivity index is 1.08. The van der Waals surface area contributed by atoms with Crippen molar-refractivity contribution >= 4 is 23.5 Å². The molecule has 0 aromatic carbocycles. The molecule has 3 aliphatic carbocycles. The largest absolute Gasteiger partial charge is 0.381 e. The monoisotopic (exact) mass is 500 g/mol. The maximum atomic E-state index is 13.2. The zero-order chi connectivity index (χ0) is 24.9. The van der Waals surface area contributed by atoms with Crippen LogP contribution in [0.5, 0.6) is 0 Å². The third-order valence-corrected chi connectivity index (χ3v) is 9.06. The van der Waals surface area contributed by atoms with Gasteiger partial charge in [-0.3, -0.25) is 19.6 Å². The Morgan fingerprint density at radius 2 is 1.17 bits per heavy atom. The van der Waals surface area contributed by atoms with E-state index in [9.17, 15) is 9.59 Å². The average molecular weight is 501 g/mol. The van der Waals surface area contributed by atoms with E-state index in [1.54, 1.807) is 7.11 Å². The number of amides is 2. The number of nitrogens with zero attached hydrogens (tertiary/aromatic N) is 2. The highest BCUT2D eigenvalue weighted by molar-refractivity contribution is 5.87. The van der Waals surface area contributed by atoms with Crippen molar-refractivity contribution in [3.8, 4) is 0 Å². The normalized spacial score (nSPS) is 36.8. The standard InChI is InChI=1S/C27H44N6O3/c1-36-23-15-19(26(34)32-21-6-2-17(3-7-21)24-28-10-11-29-24)14-20(16-23)27(35)33-22-8-4-18(5-9-22)25-30-12-13-31-25/h17-23H,2-16H2,1H3,(H,28,29)(H,30,31)(H,32,34)(H,33,35). The first-order valence-electron chi connectivity index (χ1n) is 14.3. The summed E-state index contributed by atoms with van der Waals surface area (Å²) in [7, 11) is 1.70. The predicted octanol–water partition coefficient (Wildman–Crippen LogP) is 1.77. The van der Waals surface area contributed by atoms with E-state index in [1.807, 2.05) is 0 Å². The first-order chi connectivity index (χ1) is 17.6. The van der Waals surface area contributed by atoms with Gasteiger partial charge in [0.05, 0.1) is 30.9 Å². The van der Waals surface area contributed by atoms with Crippen LogP contribution in [0.15, 0.2) is 9.98 Å². The lowest BCUT2D eigenvalue weighted by molar-refractivity contribution is -0.134. The lowest BCUT2D eigenvalue weighted by Gasteiger charge is -2.36. The van der Waals surface area contributed by atoms with Gasteiger partial charge >= 0.3 is 0 Å². The fourth-order valence-electron chi connectivity index (χ4n) is 6.93. The topological polar surface area (TPSA) is 116 Å². The van der Waals surface area contributed by atoms with E-state index < -0.39 is 0 Å². The lowest BCUT2D eigenvalue weighted by Crippen LogP contribution is -2.48. The number of carbonyl (C=O) groups is 2. The van der Waals surface area contributed by atoms with Crippen molar-refractivity contribution in [3.63, 3.8) is 0 Å². The second kappa shape index (κ2) is 11.9. The summed E-state index contributed by atoms with van der Waals surface area (Å²) in [5, 5.41) is 13.4. The van der Waals surface area contributed by atoms with E-state index >= 15 is 0 Å². The Morgan fingerprint density at radius 1 is 0.722 bits per heavy atom. The van der Waals surface area contributed by atoms with E-state index in [0.717, 1.165) is 77.5 Å². The van der Waals surface area contributed by atoms with Gasteiger partial charge in [-0.2, -0.15) is 0 Å². The Bertz CT molecular complexity index is 778. The Labute approximate surface area is 215 Å². The fraction of sp³-hybridized carbons (Fsp3) is 0.852. The molecule has 2 heterocycles. The molecule has 2 atom stereocenters. The van der Waals surface area contributed by atoms with Crippen LogP contribution in [0.4, 0.5) is 0 Å². The number of aliphatic imine (C=N–C) groups is 2. The van der Waals surface area contributed by atoms with Crippen molar-refractivity contribution in [3.05, 3.63) is 0 Å². The molecule has 9 nitrogen and oxygen atoms in total. The molecule has 5 aliphatic rings. The molecular weight excluding hydrogens is 456 g/mol. The highest BCUT2D eigenvalue weighted by Crippen LogP contribution is 2.33. The van der Waals surface area contributed by atoms with E-state index in [4.69, 9.17) is 4.74 Å². The number of methoxy groups -OCH3 is 1. The van der Waals surface area contributed by atoms with E-state index in [0.29, 0.717) is 31.1 Å². The molecule has 0 radical (unpaired) electrons. The van der Waals surface area contributed by atoms with Gasteiger partial charge in [0.25, 0.3) is 0 Å². The average Bonchev–Trinajstić information content (AvgIpc) is 3.64. The Hall–Kier alpha value is -2.16. The second-order valence-corrected chi connectivity index (χ2v) is 11.5. The minimum absolute atomic E-state index is 0.0466. The number of nitrogens with one attached hydrogen (secondary N) is 4. The lowest BCUT2D eigenvalue weighted by atomic mass is 9.77. The summed E-state index contributed by atoms with van der Waals surface area (Å²) in [5.74, 6) is 3.22. The number of carbonyl (C=O) groups excluding carboxylic acids is 2. The first-order valence-corrected chi connectivity index (χ1v) is 14.3. The summed E-state index contributed by atoms with van der Waals surface area (Å²) in [6, 6.07) is 0.445. The van der Waals surface area contributed by atoms with Crippen LogP contribution in [-0.4, -0.2) is 75.0 Å². The van der Waals surface area contributed by atoms with Gasteiger partial charge in [0, 0.05) is 56.0 Å². The molecule has 0 bridgehead atoms. The van der Waals surface area contributed by atoms with Gasteiger partial charge in [-0.25, -0.2) is 0 Å². The minimum atomic E-state index is -0.166. The van der Waals surface area contributed by atoms with Gasteiger partial charge in [0.1, 0.15) is 0 Å². The van der Waals surface area contributed by atoms with Crippen molar-refractivity contribution in [2.24, 2.45) is 33.7 Å². The van der Waals surface area contributed by atoms with Gasteiger partial charge in [0.15, 0.2) is 0 Å². The van der Waals surface area contributed by atoms with Crippen molar-refractivity contribution < 1.29 is 14.3 Å². The fourth-order valence-corrected chi connectivity index (χ4v) is 6.93. The van der Waals surface area contributed by atoms with Gasteiger partial charge < -0.3 is 26.0 Å². The Kier molecular flexibility index (Phi) is 8.44. The number of hydrogen-bond donors (Lipinski definition) is 4. The van der Waals surface area contributed by atoms with Crippen LogP contribution in [-0.2, 0) is 14.3 Å². The summed E-state index contributed by atoms with van der Waals surface area (Å²) >= 11 is 0. The smallest absolute Gasteiger partial charge is 0.223 e. The molecule has 36 heavy (non-hydrogen) atoms. The van der Waals surface area contributed by atoms with Crippen LogP contribution in [0, 0.1) is 23.7 Å². The highest BCUT2D eigenvalue weighted by Gasteiger charge is 2.38. The van der Waals surface area contributed by atoms with E-state index in [-0.39, 0.29) is 41.8 Å². The summed E-state index contributed by atoms with van der Waals surface area (Å²) in [5.41, 5.74) is 0. The molecule has 200 valence electrons. The van der Waals surface area contributed by atoms with Gasteiger partial charge in [-0.15, -0.1) is 0 Å². The molecule has 3 saturated carbocycles. The van der Waals surface area contributed by atoms with Crippen molar-refractivity contribution in [1.82, 2.24) is 21.3 Å². The number of ether oxygens (including phenoxy) is 1. The van der Waals surface area contributed by atoms with Crippen LogP contribution in [0.2, 0.25) is 0 Å². The number of rotatable bonds is 7. The third kappa shape index (κ3) is 6.21. The molecule has 2 aliphatic heterocycles. The minimum Gasteiger partial charge on any atom is -0.381 e. The maximum Gasteiger partial charge on any atom is 0.223 e. The molecule has 9 heteroatoms. The van der Waals surface area contributed by atoms with Crippen molar-refractivity contribution in [2.45, 2.75) is 88.8 Å². The van der Waals surface area contributed by atoms with Crippen LogP contribution in [0.25, 0.3) is 0 Å². The van der Waals surface area contributed by atoms with E-state index in [2.05, 4.69) is 31.3 Å². The molecule has 0 aromatic heterocycles. The maximum absolute atomic E-state index is 13.2. The molecular formula is C27H44N6O3. The quantitative estimate of drug-likeness (QED) is 0.425. The van der Waals surface area contributed by atoms with Crippen LogP contribution >= 0.6 is 0 Å². The zero-order valence-electron chi connectivity index (χ0n) is 21.8. The molecule has 5 rings (SSSR count). The highest BCUT2D eigenvalue weighted by atomic mass is 16.5. The van der Waals surface area contributed by atoms with E-state index in [1.165, 1.54) is 11.7 Å². The van der Waals surface area contributed by atoms with Crippen molar-refractivity contribution in [1.29, 1.82) is 0 Å².